The van der Waals surface area contributed by atoms with Gasteiger partial charge in [0.1, 0.15) is 6.61 Å². The number of hydrogen-bond acceptors (Lipinski definition) is 4. The Labute approximate surface area is 136 Å². The molecule has 124 valence electrons. The van der Waals surface area contributed by atoms with Gasteiger partial charge in [0.15, 0.2) is 0 Å². The second-order valence-electron chi connectivity index (χ2n) is 6.44. The number of esters is 1. The molecule has 2 fully saturated rings. The van der Waals surface area contributed by atoms with Gasteiger partial charge in [-0.1, -0.05) is 30.3 Å². The van der Waals surface area contributed by atoms with E-state index in [-0.39, 0.29) is 30.0 Å². The maximum absolute atomic E-state index is 12.3. The Hall–Kier alpha value is -2.04. The summed E-state index contributed by atoms with van der Waals surface area (Å²) in [4.78, 5) is 25.9. The van der Waals surface area contributed by atoms with Gasteiger partial charge in [0, 0.05) is 18.5 Å². The molecule has 1 saturated heterocycles. The van der Waals surface area contributed by atoms with Crippen molar-refractivity contribution in [3.8, 4) is 0 Å². The summed E-state index contributed by atoms with van der Waals surface area (Å²) in [5.41, 5.74) is 0.902. The van der Waals surface area contributed by atoms with Gasteiger partial charge in [-0.15, -0.1) is 0 Å². The molecule has 1 heterocycles. The van der Waals surface area contributed by atoms with Crippen LogP contribution in [0.4, 0.5) is 4.79 Å². The van der Waals surface area contributed by atoms with Gasteiger partial charge in [-0.05, 0) is 31.7 Å². The largest absolute Gasteiger partial charge is 0.466 e. The molecule has 3 rings (SSSR count). The van der Waals surface area contributed by atoms with E-state index in [1.54, 1.807) is 4.90 Å². The van der Waals surface area contributed by atoms with Crippen LogP contribution < -0.4 is 0 Å². The number of piperidine rings is 1. The molecule has 0 radical (unpaired) electrons. The van der Waals surface area contributed by atoms with E-state index in [9.17, 15) is 9.59 Å². The summed E-state index contributed by atoms with van der Waals surface area (Å²) in [6.45, 7) is 3.81. The second-order valence-corrected chi connectivity index (χ2v) is 6.44. The van der Waals surface area contributed by atoms with Gasteiger partial charge < -0.3 is 14.4 Å². The minimum absolute atomic E-state index is 0.0489. The van der Waals surface area contributed by atoms with E-state index in [0.717, 1.165) is 24.8 Å². The lowest BCUT2D eigenvalue weighted by molar-refractivity contribution is -0.146. The maximum Gasteiger partial charge on any atom is 0.410 e. The molecular weight excluding hydrogens is 294 g/mol. The van der Waals surface area contributed by atoms with Crippen LogP contribution in [0.25, 0.3) is 0 Å². The van der Waals surface area contributed by atoms with E-state index in [1.807, 2.05) is 37.3 Å². The van der Waals surface area contributed by atoms with Crippen LogP contribution in [-0.2, 0) is 20.9 Å². The summed E-state index contributed by atoms with van der Waals surface area (Å²) in [5, 5.41) is 0. The van der Waals surface area contributed by atoms with Gasteiger partial charge in [-0.25, -0.2) is 4.79 Å². The smallest absolute Gasteiger partial charge is 0.410 e. The van der Waals surface area contributed by atoms with Crippen LogP contribution in [0.3, 0.4) is 0 Å². The normalized spacial score (nSPS) is 26.0. The van der Waals surface area contributed by atoms with E-state index >= 15 is 0 Å². The molecule has 0 aromatic heterocycles. The summed E-state index contributed by atoms with van der Waals surface area (Å²) < 4.78 is 10.5. The molecule has 5 nitrogen and oxygen atoms in total. The third-order valence-corrected chi connectivity index (χ3v) is 4.83. The first-order valence-corrected chi connectivity index (χ1v) is 8.27. The molecular formula is C18H23NO4. The second kappa shape index (κ2) is 6.60. The lowest BCUT2D eigenvalue weighted by Gasteiger charge is -2.32. The number of rotatable bonds is 4. The predicted octanol–water partition coefficient (Wildman–Crippen LogP) is 2.99. The van der Waals surface area contributed by atoms with Crippen molar-refractivity contribution >= 4 is 12.1 Å². The fourth-order valence-corrected chi connectivity index (χ4v) is 3.50. The Kier molecular flexibility index (Phi) is 4.55. The van der Waals surface area contributed by atoms with Gasteiger partial charge in [0.05, 0.1) is 12.5 Å². The molecule has 2 aliphatic rings. The summed E-state index contributed by atoms with van der Waals surface area (Å²) in [6, 6.07) is 9.65. The molecule has 1 aromatic rings. The maximum atomic E-state index is 12.3. The Morgan fingerprint density at radius 1 is 1.26 bits per heavy atom. The molecule has 2 atom stereocenters. The highest BCUT2D eigenvalue weighted by Gasteiger charge is 2.60. The molecule has 0 N–H and O–H groups in total. The van der Waals surface area contributed by atoms with Crippen molar-refractivity contribution in [2.24, 2.45) is 11.3 Å². The van der Waals surface area contributed by atoms with Crippen molar-refractivity contribution in [3.05, 3.63) is 35.9 Å². The van der Waals surface area contributed by atoms with Gasteiger partial charge in [0.25, 0.3) is 0 Å². The first kappa shape index (κ1) is 15.8. The average molecular weight is 317 g/mol. The monoisotopic (exact) mass is 317 g/mol. The van der Waals surface area contributed by atoms with Crippen molar-refractivity contribution in [3.63, 3.8) is 0 Å². The molecule has 1 aliphatic heterocycles. The van der Waals surface area contributed by atoms with E-state index < -0.39 is 0 Å². The molecule has 1 aromatic carbocycles. The Balaban J connectivity index is 1.53. The van der Waals surface area contributed by atoms with Crippen molar-refractivity contribution in [2.75, 3.05) is 19.7 Å². The van der Waals surface area contributed by atoms with Gasteiger partial charge >= 0.3 is 12.1 Å². The van der Waals surface area contributed by atoms with Gasteiger partial charge in [0.2, 0.25) is 0 Å². The zero-order valence-electron chi connectivity index (χ0n) is 13.5. The summed E-state index contributed by atoms with van der Waals surface area (Å²) in [7, 11) is 0. The molecule has 5 heteroatoms. The third-order valence-electron chi connectivity index (χ3n) is 4.83. The third kappa shape index (κ3) is 3.49. The van der Waals surface area contributed by atoms with Gasteiger partial charge in [-0.2, -0.15) is 0 Å². The molecule has 1 unspecified atom stereocenters. The van der Waals surface area contributed by atoms with E-state index in [1.165, 1.54) is 0 Å². The SMILES string of the molecule is CCOC(=O)[C@H]1CC12CCCN(C(=O)OCc1ccccc1)C2. The summed E-state index contributed by atoms with van der Waals surface area (Å²) in [5.74, 6) is -0.167. The highest BCUT2D eigenvalue weighted by molar-refractivity contribution is 5.77. The average Bonchev–Trinajstić information content (AvgIpc) is 3.27. The van der Waals surface area contributed by atoms with Crippen LogP contribution in [0.1, 0.15) is 31.7 Å². The molecule has 1 aliphatic carbocycles. The van der Waals surface area contributed by atoms with Crippen LogP contribution in [0.5, 0.6) is 0 Å². The highest BCUT2D eigenvalue weighted by Crippen LogP contribution is 2.58. The van der Waals surface area contributed by atoms with Crippen LogP contribution >= 0.6 is 0 Å². The van der Waals surface area contributed by atoms with Crippen molar-refractivity contribution in [1.29, 1.82) is 0 Å². The van der Waals surface area contributed by atoms with Crippen LogP contribution in [-0.4, -0.2) is 36.7 Å². The lowest BCUT2D eigenvalue weighted by atomic mass is 9.92. The van der Waals surface area contributed by atoms with E-state index in [0.29, 0.717) is 19.7 Å². The minimum atomic E-state index is -0.289. The number of nitrogens with zero attached hydrogens (tertiary/aromatic N) is 1. The number of carbonyl (C=O) groups excluding carboxylic acids is 2. The van der Waals surface area contributed by atoms with Crippen LogP contribution in [0.2, 0.25) is 0 Å². The fourth-order valence-electron chi connectivity index (χ4n) is 3.50. The lowest BCUT2D eigenvalue weighted by Crippen LogP contribution is -2.42. The van der Waals surface area contributed by atoms with Crippen molar-refractivity contribution in [1.82, 2.24) is 4.90 Å². The number of likely N-dealkylation sites (tertiary alicyclic amines) is 1. The quantitative estimate of drug-likeness (QED) is 0.801. The number of amides is 1. The number of carbonyl (C=O) groups is 2. The molecule has 23 heavy (non-hydrogen) atoms. The van der Waals surface area contributed by atoms with Crippen LogP contribution in [0, 0.1) is 11.3 Å². The Bertz CT molecular complexity index is 574. The molecule has 1 spiro atoms. The van der Waals surface area contributed by atoms with Crippen molar-refractivity contribution < 1.29 is 19.1 Å². The van der Waals surface area contributed by atoms with Crippen LogP contribution in [0.15, 0.2) is 30.3 Å². The van der Waals surface area contributed by atoms with Crippen molar-refractivity contribution in [2.45, 2.75) is 32.8 Å². The first-order chi connectivity index (χ1) is 11.1. The minimum Gasteiger partial charge on any atom is -0.466 e. The Morgan fingerprint density at radius 2 is 2.04 bits per heavy atom. The van der Waals surface area contributed by atoms with E-state index in [4.69, 9.17) is 9.47 Å². The summed E-state index contributed by atoms with van der Waals surface area (Å²) in [6.07, 6.45) is 2.44. The van der Waals surface area contributed by atoms with E-state index in [2.05, 4.69) is 0 Å². The fraction of sp³-hybridized carbons (Fsp3) is 0.556. The zero-order chi connectivity index (χ0) is 16.3. The molecule has 1 saturated carbocycles. The summed E-state index contributed by atoms with van der Waals surface area (Å²) >= 11 is 0. The Morgan fingerprint density at radius 3 is 2.78 bits per heavy atom. The first-order valence-electron chi connectivity index (χ1n) is 8.27. The highest BCUT2D eigenvalue weighted by atomic mass is 16.6. The predicted molar refractivity (Wildman–Crippen MR) is 84.6 cm³/mol. The standard InChI is InChI=1S/C18H23NO4/c1-2-22-16(20)15-11-18(15)9-6-10-19(13-18)17(21)23-12-14-7-4-3-5-8-14/h3-5,7-8,15H,2,6,9-13H2,1H3/t15-,18?/m1/s1. The number of benzene rings is 1. The zero-order valence-corrected chi connectivity index (χ0v) is 13.5. The van der Waals surface area contributed by atoms with Gasteiger partial charge in [-0.3, -0.25) is 4.79 Å². The number of ether oxygens (including phenoxy) is 2. The molecule has 1 amide bonds. The number of hydrogen-bond donors (Lipinski definition) is 0. The topological polar surface area (TPSA) is 55.8 Å². The molecule has 0 bridgehead atoms.